The predicted octanol–water partition coefficient (Wildman–Crippen LogP) is 3.39. The number of ketones is 1. The van der Waals surface area contributed by atoms with Gasteiger partial charge in [-0.3, -0.25) is 14.4 Å². The molecular formula is C28H37N3O5. The minimum atomic E-state index is -0.907. The Kier molecular flexibility index (Phi) is 11.1. The number of rotatable bonds is 12. The van der Waals surface area contributed by atoms with Gasteiger partial charge >= 0.3 is 6.09 Å². The molecule has 2 aromatic carbocycles. The molecule has 0 aliphatic rings. The highest BCUT2D eigenvalue weighted by Crippen LogP contribution is 2.10. The summed E-state index contributed by atoms with van der Waals surface area (Å²) in [4.78, 5) is 50.8. The van der Waals surface area contributed by atoms with Crippen molar-refractivity contribution in [3.05, 3.63) is 71.8 Å². The maximum absolute atomic E-state index is 13.1. The molecule has 8 heteroatoms. The van der Waals surface area contributed by atoms with Crippen LogP contribution in [0.3, 0.4) is 0 Å². The fraction of sp³-hybridized carbons (Fsp3) is 0.429. The minimum absolute atomic E-state index is 0.0734. The van der Waals surface area contributed by atoms with E-state index in [0.717, 1.165) is 11.1 Å². The van der Waals surface area contributed by atoms with Gasteiger partial charge in [0.2, 0.25) is 11.8 Å². The van der Waals surface area contributed by atoms with Gasteiger partial charge in [0.25, 0.3) is 0 Å². The Hall–Kier alpha value is -3.68. The SMILES string of the molecule is CC(=O)[C@H](Cc1ccccc1)NC(=O)[C@@H](NC(=O)[C@@H](NC(=O)OCc1ccccc1)C(C)C)C(C)C. The van der Waals surface area contributed by atoms with Crippen LogP contribution in [0.15, 0.2) is 60.7 Å². The fourth-order valence-electron chi connectivity index (χ4n) is 3.61. The Morgan fingerprint density at radius 2 is 1.17 bits per heavy atom. The van der Waals surface area contributed by atoms with Gasteiger partial charge in [-0.15, -0.1) is 0 Å². The average Bonchev–Trinajstić information content (AvgIpc) is 2.84. The molecule has 0 spiro atoms. The van der Waals surface area contributed by atoms with Crippen LogP contribution in [-0.2, 0) is 32.1 Å². The average molecular weight is 496 g/mol. The standard InChI is InChI=1S/C28H37N3O5/c1-18(2)24(26(33)29-23(20(5)32)16-21-12-8-6-9-13-21)30-27(34)25(19(3)4)31-28(35)36-17-22-14-10-7-11-15-22/h6-15,18-19,23-25H,16-17H2,1-5H3,(H,29,33)(H,30,34)(H,31,35)/t23-,24-,25-/m0/s1. The Bertz CT molecular complexity index is 1010. The minimum Gasteiger partial charge on any atom is -0.445 e. The second-order valence-electron chi connectivity index (χ2n) is 9.52. The predicted molar refractivity (Wildman–Crippen MR) is 138 cm³/mol. The summed E-state index contributed by atoms with van der Waals surface area (Å²) >= 11 is 0. The molecule has 0 saturated carbocycles. The van der Waals surface area contributed by atoms with E-state index in [-0.39, 0.29) is 24.2 Å². The molecule has 2 rings (SSSR count). The van der Waals surface area contributed by atoms with E-state index in [1.54, 1.807) is 27.7 Å². The quantitative estimate of drug-likeness (QED) is 0.418. The van der Waals surface area contributed by atoms with Gasteiger partial charge in [-0.1, -0.05) is 88.4 Å². The van der Waals surface area contributed by atoms with Crippen LogP contribution in [0.25, 0.3) is 0 Å². The summed E-state index contributed by atoms with van der Waals surface area (Å²) in [7, 11) is 0. The van der Waals surface area contributed by atoms with E-state index in [1.807, 2.05) is 60.7 Å². The molecule has 2 aromatic rings. The molecule has 36 heavy (non-hydrogen) atoms. The topological polar surface area (TPSA) is 114 Å². The van der Waals surface area contributed by atoms with Gasteiger partial charge in [0.05, 0.1) is 6.04 Å². The number of carbonyl (C=O) groups excluding carboxylic acids is 4. The number of ether oxygens (including phenoxy) is 1. The molecule has 0 aliphatic heterocycles. The van der Waals surface area contributed by atoms with Crippen molar-refractivity contribution in [1.82, 2.24) is 16.0 Å². The molecule has 0 bridgehead atoms. The van der Waals surface area contributed by atoms with E-state index in [9.17, 15) is 19.2 Å². The van der Waals surface area contributed by atoms with Crippen molar-refractivity contribution in [2.45, 2.75) is 65.8 Å². The summed E-state index contributed by atoms with van der Waals surface area (Å²) in [6.07, 6.45) is -0.373. The highest BCUT2D eigenvalue weighted by molar-refractivity contribution is 5.94. The summed E-state index contributed by atoms with van der Waals surface area (Å²) in [6.45, 7) is 8.68. The van der Waals surface area contributed by atoms with E-state index in [4.69, 9.17) is 4.74 Å². The van der Waals surface area contributed by atoms with Crippen molar-refractivity contribution >= 4 is 23.7 Å². The van der Waals surface area contributed by atoms with Crippen LogP contribution < -0.4 is 16.0 Å². The van der Waals surface area contributed by atoms with E-state index < -0.39 is 36.0 Å². The van der Waals surface area contributed by atoms with Crippen molar-refractivity contribution in [1.29, 1.82) is 0 Å². The van der Waals surface area contributed by atoms with Crippen molar-refractivity contribution in [2.24, 2.45) is 11.8 Å². The van der Waals surface area contributed by atoms with E-state index in [2.05, 4.69) is 16.0 Å². The van der Waals surface area contributed by atoms with Gasteiger partial charge in [0.1, 0.15) is 18.7 Å². The van der Waals surface area contributed by atoms with Crippen molar-refractivity contribution in [2.75, 3.05) is 0 Å². The third kappa shape index (κ3) is 9.17. The molecule has 3 amide bonds. The molecule has 0 aromatic heterocycles. The summed E-state index contributed by atoms with van der Waals surface area (Å²) in [6, 6.07) is 16.1. The molecule has 0 unspecified atom stereocenters. The lowest BCUT2D eigenvalue weighted by Gasteiger charge is -2.28. The second-order valence-corrected chi connectivity index (χ2v) is 9.52. The lowest BCUT2D eigenvalue weighted by atomic mass is 9.98. The number of amides is 3. The monoisotopic (exact) mass is 495 g/mol. The largest absolute Gasteiger partial charge is 0.445 e. The molecule has 0 heterocycles. The van der Waals surface area contributed by atoms with Gasteiger partial charge in [-0.05, 0) is 36.3 Å². The maximum atomic E-state index is 13.1. The lowest BCUT2D eigenvalue weighted by Crippen LogP contribution is -2.58. The Morgan fingerprint density at radius 3 is 1.67 bits per heavy atom. The zero-order chi connectivity index (χ0) is 26.7. The van der Waals surface area contributed by atoms with Crippen LogP contribution in [0.5, 0.6) is 0 Å². The third-order valence-electron chi connectivity index (χ3n) is 5.77. The molecule has 0 fully saturated rings. The molecule has 194 valence electrons. The van der Waals surface area contributed by atoms with Gasteiger partial charge in [0, 0.05) is 0 Å². The maximum Gasteiger partial charge on any atom is 0.408 e. The van der Waals surface area contributed by atoms with Crippen LogP contribution in [0.1, 0.15) is 45.7 Å². The zero-order valence-electron chi connectivity index (χ0n) is 21.6. The Labute approximate surface area is 213 Å². The van der Waals surface area contributed by atoms with Crippen molar-refractivity contribution in [3.63, 3.8) is 0 Å². The smallest absolute Gasteiger partial charge is 0.408 e. The first kappa shape index (κ1) is 28.6. The number of hydrogen-bond acceptors (Lipinski definition) is 5. The Morgan fingerprint density at radius 1 is 0.694 bits per heavy atom. The highest BCUT2D eigenvalue weighted by atomic mass is 16.5. The molecule has 8 nitrogen and oxygen atoms in total. The first-order valence-electron chi connectivity index (χ1n) is 12.2. The number of hydrogen-bond donors (Lipinski definition) is 3. The lowest BCUT2D eigenvalue weighted by molar-refractivity contribution is -0.133. The van der Waals surface area contributed by atoms with E-state index in [1.165, 1.54) is 6.92 Å². The number of carbonyl (C=O) groups is 4. The van der Waals surface area contributed by atoms with Crippen LogP contribution in [0.4, 0.5) is 4.79 Å². The molecule has 0 saturated heterocycles. The van der Waals surface area contributed by atoms with Crippen LogP contribution in [0, 0.1) is 11.8 Å². The summed E-state index contributed by atoms with van der Waals surface area (Å²) < 4.78 is 5.25. The molecule has 3 N–H and O–H groups in total. The van der Waals surface area contributed by atoms with E-state index >= 15 is 0 Å². The highest BCUT2D eigenvalue weighted by Gasteiger charge is 2.32. The second kappa shape index (κ2) is 14.0. The molecular weight excluding hydrogens is 458 g/mol. The van der Waals surface area contributed by atoms with Crippen LogP contribution >= 0.6 is 0 Å². The number of benzene rings is 2. The van der Waals surface area contributed by atoms with Crippen molar-refractivity contribution < 1.29 is 23.9 Å². The first-order chi connectivity index (χ1) is 17.1. The van der Waals surface area contributed by atoms with E-state index in [0.29, 0.717) is 6.42 Å². The number of Topliss-reactive ketones (excluding diaryl/α,β-unsaturated/α-hetero) is 1. The fourth-order valence-corrected chi connectivity index (χ4v) is 3.61. The van der Waals surface area contributed by atoms with Crippen LogP contribution in [-0.4, -0.2) is 41.8 Å². The number of alkyl carbamates (subject to hydrolysis) is 1. The summed E-state index contributed by atoms with van der Waals surface area (Å²) in [5, 5.41) is 8.14. The van der Waals surface area contributed by atoms with Gasteiger partial charge in [-0.25, -0.2) is 4.79 Å². The zero-order valence-corrected chi connectivity index (χ0v) is 21.6. The third-order valence-corrected chi connectivity index (χ3v) is 5.77. The van der Waals surface area contributed by atoms with Gasteiger partial charge in [0.15, 0.2) is 5.78 Å². The van der Waals surface area contributed by atoms with Gasteiger partial charge in [-0.2, -0.15) is 0 Å². The summed E-state index contributed by atoms with van der Waals surface area (Å²) in [5.74, 6) is -1.64. The van der Waals surface area contributed by atoms with Crippen LogP contribution in [0.2, 0.25) is 0 Å². The van der Waals surface area contributed by atoms with Crippen molar-refractivity contribution in [3.8, 4) is 0 Å². The first-order valence-corrected chi connectivity index (χ1v) is 12.2. The molecule has 3 atom stereocenters. The normalized spacial score (nSPS) is 13.4. The van der Waals surface area contributed by atoms with Gasteiger partial charge < -0.3 is 20.7 Å². The molecule has 0 aliphatic carbocycles. The molecule has 0 radical (unpaired) electrons. The Balaban J connectivity index is 2.02. The summed E-state index contributed by atoms with van der Waals surface area (Å²) in [5.41, 5.74) is 1.74. The number of nitrogens with one attached hydrogen (secondary N) is 3.